The highest BCUT2D eigenvalue weighted by Gasteiger charge is 2.20. The molecule has 38 heavy (non-hydrogen) atoms. The summed E-state index contributed by atoms with van der Waals surface area (Å²) in [5, 5.41) is 11.7. The molecule has 9 nitrogen and oxygen atoms in total. The van der Waals surface area contributed by atoms with Gasteiger partial charge < -0.3 is 15.3 Å². The normalized spacial score (nSPS) is 16.3. The van der Waals surface area contributed by atoms with E-state index in [4.69, 9.17) is 5.11 Å². The van der Waals surface area contributed by atoms with E-state index in [9.17, 15) is 9.59 Å². The van der Waals surface area contributed by atoms with Crippen molar-refractivity contribution in [3.8, 4) is 0 Å². The predicted molar refractivity (Wildman–Crippen MR) is 147 cm³/mol. The molecule has 2 fully saturated rings. The number of piperazine rings is 1. The predicted octanol–water partition coefficient (Wildman–Crippen LogP) is 4.20. The van der Waals surface area contributed by atoms with Crippen molar-refractivity contribution in [2.45, 2.75) is 32.4 Å². The number of pyridine rings is 2. The van der Waals surface area contributed by atoms with Crippen molar-refractivity contribution < 1.29 is 14.7 Å². The van der Waals surface area contributed by atoms with Crippen LogP contribution in [0.2, 0.25) is 0 Å². The quantitative estimate of drug-likeness (QED) is 0.506. The van der Waals surface area contributed by atoms with Gasteiger partial charge in [0.15, 0.2) is 0 Å². The van der Waals surface area contributed by atoms with Crippen molar-refractivity contribution in [3.63, 3.8) is 0 Å². The molecule has 0 aliphatic carbocycles. The first-order valence-corrected chi connectivity index (χ1v) is 13.2. The van der Waals surface area contributed by atoms with Gasteiger partial charge >= 0.3 is 6.09 Å². The Morgan fingerprint density at radius 1 is 0.737 bits per heavy atom. The first-order valence-electron chi connectivity index (χ1n) is 13.2. The van der Waals surface area contributed by atoms with Crippen LogP contribution in [0.4, 0.5) is 10.5 Å². The highest BCUT2D eigenvalue weighted by atomic mass is 16.4. The highest BCUT2D eigenvalue weighted by Crippen LogP contribution is 2.14. The molecule has 1 aromatic carbocycles. The van der Waals surface area contributed by atoms with Crippen molar-refractivity contribution in [2.24, 2.45) is 0 Å². The van der Waals surface area contributed by atoms with Crippen molar-refractivity contribution in [1.82, 2.24) is 24.7 Å². The van der Waals surface area contributed by atoms with Gasteiger partial charge in [-0.25, -0.2) is 4.79 Å². The second-order valence-electron chi connectivity index (χ2n) is 9.64. The molecule has 200 valence electrons. The molecule has 2 aliphatic heterocycles. The van der Waals surface area contributed by atoms with Crippen molar-refractivity contribution in [2.75, 3.05) is 44.6 Å². The smallest absolute Gasteiger partial charge is 0.407 e. The molecule has 0 saturated carbocycles. The minimum atomic E-state index is -0.818. The number of nitrogens with one attached hydrogen (secondary N) is 1. The second kappa shape index (κ2) is 14.2. The number of carboxylic acid groups (broad SMARTS) is 1. The lowest BCUT2D eigenvalue weighted by Crippen LogP contribution is -2.47. The molecule has 0 spiro atoms. The molecule has 3 aromatic rings. The van der Waals surface area contributed by atoms with E-state index >= 15 is 0 Å². The van der Waals surface area contributed by atoms with Crippen LogP contribution in [0.5, 0.6) is 0 Å². The Morgan fingerprint density at radius 3 is 1.97 bits per heavy atom. The van der Waals surface area contributed by atoms with Gasteiger partial charge in [-0.3, -0.25) is 24.6 Å². The van der Waals surface area contributed by atoms with E-state index in [-0.39, 0.29) is 5.91 Å². The van der Waals surface area contributed by atoms with E-state index < -0.39 is 6.09 Å². The SMILES string of the molecule is O=C(Nc1cccnc1)c1ccc(CN2CCCCC2)cc1.O=C(O)N1CCN(Cc2cccnc2)CC1. The van der Waals surface area contributed by atoms with Gasteiger partial charge in [0.05, 0.1) is 11.9 Å². The molecule has 2 aliphatic rings. The zero-order chi connectivity index (χ0) is 26.6. The van der Waals surface area contributed by atoms with Crippen LogP contribution in [-0.2, 0) is 13.1 Å². The van der Waals surface area contributed by atoms with E-state index in [0.717, 1.165) is 26.2 Å². The molecule has 9 heteroatoms. The van der Waals surface area contributed by atoms with E-state index in [1.165, 1.54) is 48.4 Å². The lowest BCUT2D eigenvalue weighted by atomic mass is 10.1. The summed E-state index contributed by atoms with van der Waals surface area (Å²) in [4.78, 5) is 37.1. The minimum Gasteiger partial charge on any atom is -0.465 e. The highest BCUT2D eigenvalue weighted by molar-refractivity contribution is 6.04. The Kier molecular flexibility index (Phi) is 10.2. The third kappa shape index (κ3) is 8.64. The maximum atomic E-state index is 12.2. The number of hydrogen-bond donors (Lipinski definition) is 2. The molecular formula is C29H36N6O3. The number of nitrogens with zero attached hydrogens (tertiary/aromatic N) is 5. The molecular weight excluding hydrogens is 480 g/mol. The first kappa shape index (κ1) is 27.2. The van der Waals surface area contributed by atoms with E-state index in [2.05, 4.69) is 25.1 Å². The van der Waals surface area contributed by atoms with Gasteiger partial charge in [0.2, 0.25) is 0 Å². The van der Waals surface area contributed by atoms with Crippen molar-refractivity contribution in [1.29, 1.82) is 0 Å². The van der Waals surface area contributed by atoms with Gasteiger partial charge in [-0.1, -0.05) is 24.6 Å². The number of benzene rings is 1. The molecule has 4 heterocycles. The van der Waals surface area contributed by atoms with E-state index in [1.807, 2.05) is 48.7 Å². The molecule has 0 bridgehead atoms. The van der Waals surface area contributed by atoms with Crippen LogP contribution in [0.3, 0.4) is 0 Å². The van der Waals surface area contributed by atoms with Crippen LogP contribution >= 0.6 is 0 Å². The number of carbonyl (C=O) groups is 2. The number of rotatable bonds is 6. The number of amides is 2. The summed E-state index contributed by atoms with van der Waals surface area (Å²) < 4.78 is 0. The second-order valence-corrected chi connectivity index (χ2v) is 9.64. The number of aromatic nitrogens is 2. The van der Waals surface area contributed by atoms with E-state index in [1.54, 1.807) is 24.7 Å². The fraction of sp³-hybridized carbons (Fsp3) is 0.379. The van der Waals surface area contributed by atoms with Gasteiger partial charge in [-0.15, -0.1) is 0 Å². The van der Waals surface area contributed by atoms with E-state index in [0.29, 0.717) is 24.3 Å². The lowest BCUT2D eigenvalue weighted by Gasteiger charge is -2.32. The Balaban J connectivity index is 0.000000186. The summed E-state index contributed by atoms with van der Waals surface area (Å²) in [6.07, 6.45) is 10.1. The monoisotopic (exact) mass is 516 g/mol. The third-order valence-corrected chi connectivity index (χ3v) is 6.76. The largest absolute Gasteiger partial charge is 0.465 e. The number of anilines is 1. The molecule has 0 atom stereocenters. The van der Waals surface area contributed by atoms with Gasteiger partial charge in [0.25, 0.3) is 5.91 Å². The summed E-state index contributed by atoms with van der Waals surface area (Å²) in [5.41, 5.74) is 3.82. The number of piperidine rings is 1. The summed E-state index contributed by atoms with van der Waals surface area (Å²) in [5.74, 6) is -0.0995. The van der Waals surface area contributed by atoms with Crippen LogP contribution in [0, 0.1) is 0 Å². The van der Waals surface area contributed by atoms with Crippen LogP contribution in [0.1, 0.15) is 40.7 Å². The third-order valence-electron chi connectivity index (χ3n) is 6.76. The van der Waals surface area contributed by atoms with Gasteiger partial charge in [-0.05, 0) is 67.4 Å². The van der Waals surface area contributed by atoms with Crippen LogP contribution in [0.15, 0.2) is 73.3 Å². The molecule has 2 amide bonds. The maximum absolute atomic E-state index is 12.2. The maximum Gasteiger partial charge on any atom is 0.407 e. The summed E-state index contributed by atoms with van der Waals surface area (Å²) >= 11 is 0. The molecule has 2 saturated heterocycles. The molecule has 2 aromatic heterocycles. The zero-order valence-corrected chi connectivity index (χ0v) is 21.7. The molecule has 0 radical (unpaired) electrons. The Morgan fingerprint density at radius 2 is 1.37 bits per heavy atom. The van der Waals surface area contributed by atoms with Crippen LogP contribution in [0.25, 0.3) is 0 Å². The van der Waals surface area contributed by atoms with Crippen LogP contribution < -0.4 is 5.32 Å². The zero-order valence-electron chi connectivity index (χ0n) is 21.7. The topological polar surface area (TPSA) is 102 Å². The summed E-state index contributed by atoms with van der Waals surface area (Å²) in [6, 6.07) is 15.5. The van der Waals surface area contributed by atoms with Gasteiger partial charge in [-0.2, -0.15) is 0 Å². The summed E-state index contributed by atoms with van der Waals surface area (Å²) in [6.45, 7) is 6.96. The molecule has 2 N–H and O–H groups in total. The first-order chi connectivity index (χ1) is 18.6. The fourth-order valence-corrected chi connectivity index (χ4v) is 4.62. The van der Waals surface area contributed by atoms with Crippen LogP contribution in [-0.4, -0.2) is 81.0 Å². The summed E-state index contributed by atoms with van der Waals surface area (Å²) in [7, 11) is 0. The van der Waals surface area contributed by atoms with Crippen molar-refractivity contribution in [3.05, 3.63) is 90.0 Å². The molecule has 0 unspecified atom stereocenters. The van der Waals surface area contributed by atoms with Gasteiger partial charge in [0.1, 0.15) is 0 Å². The number of hydrogen-bond acceptors (Lipinski definition) is 6. The molecule has 5 rings (SSSR count). The number of carbonyl (C=O) groups excluding carboxylic acids is 1. The Hall–Kier alpha value is -3.82. The Bertz CT molecular complexity index is 1130. The fourth-order valence-electron chi connectivity index (χ4n) is 4.62. The number of likely N-dealkylation sites (tertiary alicyclic amines) is 1. The van der Waals surface area contributed by atoms with Gasteiger partial charge in [0, 0.05) is 63.4 Å². The van der Waals surface area contributed by atoms with Crippen molar-refractivity contribution >= 4 is 17.7 Å². The standard InChI is InChI=1S/C18H21N3O.C11H15N3O2/c22-18(20-17-5-4-10-19-13-17)16-8-6-15(7-9-16)14-21-11-2-1-3-12-21;15-11(16)14-6-4-13(5-7-14)9-10-2-1-3-12-8-10/h4-10,13H,1-3,11-12,14H2,(H,20,22);1-3,8H,4-7,9H2,(H,15,16). The average Bonchev–Trinajstić information content (AvgIpc) is 2.96. The lowest BCUT2D eigenvalue weighted by molar-refractivity contribution is 0.102. The Labute approximate surface area is 224 Å². The average molecular weight is 517 g/mol. The minimum absolute atomic E-state index is 0.0995.